The van der Waals surface area contributed by atoms with Gasteiger partial charge in [-0.25, -0.2) is 0 Å². The van der Waals surface area contributed by atoms with Crippen LogP contribution in [0.1, 0.15) is 33.9 Å². The molecule has 37 heavy (non-hydrogen) atoms. The van der Waals surface area contributed by atoms with Crippen LogP contribution in [0.25, 0.3) is 5.76 Å². The number of nitrogens with zero attached hydrogens (tertiary/aromatic N) is 3. The van der Waals surface area contributed by atoms with Crippen LogP contribution in [0.3, 0.4) is 0 Å². The van der Waals surface area contributed by atoms with Gasteiger partial charge in [-0.15, -0.1) is 10.2 Å². The predicted molar refractivity (Wildman–Crippen MR) is 151 cm³/mol. The number of halogens is 1. The van der Waals surface area contributed by atoms with Crippen molar-refractivity contribution in [2.24, 2.45) is 0 Å². The molecule has 1 amide bonds. The van der Waals surface area contributed by atoms with Crippen molar-refractivity contribution in [3.05, 3.63) is 111 Å². The number of benzene rings is 3. The molecule has 1 fully saturated rings. The molecule has 1 aliphatic rings. The van der Waals surface area contributed by atoms with Gasteiger partial charge in [-0.05, 0) is 37.1 Å². The van der Waals surface area contributed by atoms with Gasteiger partial charge in [0, 0.05) is 15.8 Å². The highest BCUT2D eigenvalue weighted by atomic mass is 79.9. The van der Waals surface area contributed by atoms with Gasteiger partial charge < -0.3 is 5.11 Å². The molecule has 1 unspecified atom stereocenters. The second-order valence-electron chi connectivity index (χ2n) is 8.71. The van der Waals surface area contributed by atoms with Gasteiger partial charge in [0.25, 0.3) is 5.78 Å². The number of aromatic nitrogens is 2. The number of amides is 1. The van der Waals surface area contributed by atoms with Crippen molar-refractivity contribution in [2.75, 3.05) is 4.90 Å². The monoisotopic (exact) mass is 591 g/mol. The fourth-order valence-corrected chi connectivity index (χ4v) is 6.13. The van der Waals surface area contributed by atoms with Gasteiger partial charge in [0.15, 0.2) is 4.34 Å². The van der Waals surface area contributed by atoms with Crippen LogP contribution in [0.15, 0.2) is 87.2 Å². The Labute approximate surface area is 231 Å². The van der Waals surface area contributed by atoms with Crippen LogP contribution >= 0.6 is 39.0 Å². The SMILES string of the molecule is Cc1ccc(CSc2nnc(N3C(=O)C(=O)/C(=C(\O)c4ccc(Br)cc4)C3c3ccc(C)cc3)s2)cc1. The van der Waals surface area contributed by atoms with Gasteiger partial charge in [-0.1, -0.05) is 111 Å². The third-order valence-electron chi connectivity index (χ3n) is 6.04. The van der Waals surface area contributed by atoms with Crippen molar-refractivity contribution in [3.63, 3.8) is 0 Å². The van der Waals surface area contributed by atoms with E-state index in [9.17, 15) is 14.7 Å². The lowest BCUT2D eigenvalue weighted by atomic mass is 9.95. The molecule has 1 saturated heterocycles. The number of anilines is 1. The second-order valence-corrected chi connectivity index (χ2v) is 11.8. The minimum Gasteiger partial charge on any atom is -0.507 e. The predicted octanol–water partition coefficient (Wildman–Crippen LogP) is 6.84. The van der Waals surface area contributed by atoms with E-state index in [4.69, 9.17) is 0 Å². The molecule has 1 N–H and O–H groups in total. The van der Waals surface area contributed by atoms with E-state index in [1.165, 1.54) is 33.6 Å². The zero-order valence-corrected chi connectivity index (χ0v) is 23.2. The van der Waals surface area contributed by atoms with Crippen LogP contribution in [-0.4, -0.2) is 27.0 Å². The highest BCUT2D eigenvalue weighted by Gasteiger charge is 2.48. The number of aliphatic hydroxyl groups excluding tert-OH is 1. The highest BCUT2D eigenvalue weighted by Crippen LogP contribution is 2.44. The van der Waals surface area contributed by atoms with Crippen molar-refractivity contribution in [1.29, 1.82) is 0 Å². The summed E-state index contributed by atoms with van der Waals surface area (Å²) in [4.78, 5) is 28.0. The highest BCUT2D eigenvalue weighted by molar-refractivity contribution is 9.10. The van der Waals surface area contributed by atoms with Crippen LogP contribution in [0, 0.1) is 13.8 Å². The molecular weight excluding hydrogens is 570 g/mol. The number of ketones is 1. The zero-order valence-electron chi connectivity index (χ0n) is 20.0. The average Bonchev–Trinajstić information content (AvgIpc) is 3.46. The average molecular weight is 593 g/mol. The summed E-state index contributed by atoms with van der Waals surface area (Å²) in [6, 6.07) is 21.9. The minimum absolute atomic E-state index is 0.0280. The van der Waals surface area contributed by atoms with Crippen LogP contribution < -0.4 is 4.90 Å². The van der Waals surface area contributed by atoms with Gasteiger partial charge in [0.2, 0.25) is 5.13 Å². The number of hydrogen-bond donors (Lipinski definition) is 1. The van der Waals surface area contributed by atoms with E-state index in [1.54, 1.807) is 24.3 Å². The van der Waals surface area contributed by atoms with Crippen molar-refractivity contribution < 1.29 is 14.7 Å². The molecule has 1 aliphatic heterocycles. The Morgan fingerprint density at radius 2 is 1.57 bits per heavy atom. The van der Waals surface area contributed by atoms with E-state index >= 15 is 0 Å². The summed E-state index contributed by atoms with van der Waals surface area (Å²) in [6.07, 6.45) is 0. The zero-order chi connectivity index (χ0) is 26.1. The molecule has 0 saturated carbocycles. The Morgan fingerprint density at radius 1 is 0.946 bits per heavy atom. The Balaban J connectivity index is 1.53. The normalized spacial score (nSPS) is 16.9. The number of Topliss-reactive ketones (excluding diaryl/α,β-unsaturated/α-hetero) is 1. The van der Waals surface area contributed by atoms with Crippen LogP contribution in [0.2, 0.25) is 0 Å². The van der Waals surface area contributed by atoms with Gasteiger partial charge in [0.1, 0.15) is 5.76 Å². The fourth-order valence-electron chi connectivity index (χ4n) is 4.04. The topological polar surface area (TPSA) is 83.4 Å². The smallest absolute Gasteiger partial charge is 0.301 e. The molecule has 5 rings (SSSR count). The number of aliphatic hydroxyl groups is 1. The maximum Gasteiger partial charge on any atom is 0.301 e. The van der Waals surface area contributed by atoms with E-state index in [0.717, 1.165) is 15.6 Å². The molecule has 6 nitrogen and oxygen atoms in total. The third kappa shape index (κ3) is 5.25. The van der Waals surface area contributed by atoms with Crippen molar-refractivity contribution in [3.8, 4) is 0 Å². The summed E-state index contributed by atoms with van der Waals surface area (Å²) in [6.45, 7) is 4.01. The molecule has 1 atom stereocenters. The van der Waals surface area contributed by atoms with Crippen LogP contribution in [-0.2, 0) is 15.3 Å². The van der Waals surface area contributed by atoms with Gasteiger partial charge in [-0.3, -0.25) is 14.5 Å². The largest absolute Gasteiger partial charge is 0.507 e. The lowest BCUT2D eigenvalue weighted by Crippen LogP contribution is -2.29. The molecule has 186 valence electrons. The Bertz CT molecular complexity index is 1500. The first kappa shape index (κ1) is 25.4. The molecular formula is C28H22BrN3O3S2. The Kier molecular flexibility index (Phi) is 7.28. The summed E-state index contributed by atoms with van der Waals surface area (Å²) in [7, 11) is 0. The summed E-state index contributed by atoms with van der Waals surface area (Å²) >= 11 is 6.16. The quantitative estimate of drug-likeness (QED) is 0.0869. The molecule has 0 bridgehead atoms. The van der Waals surface area contributed by atoms with E-state index in [2.05, 4.69) is 50.4 Å². The standard InChI is InChI=1S/C28H22BrN3O3S2/c1-16-3-7-18(8-4-16)15-36-28-31-30-27(37-28)32-23(19-9-5-17(2)6-10-19)22(25(34)26(32)35)24(33)20-11-13-21(29)14-12-20/h3-14,23,33H,15H2,1-2H3/b24-22-. The molecule has 0 radical (unpaired) electrons. The number of carbonyl (C=O) groups excluding carboxylic acids is 2. The van der Waals surface area contributed by atoms with Gasteiger partial charge in [0.05, 0.1) is 11.6 Å². The molecule has 4 aromatic rings. The minimum atomic E-state index is -0.827. The second kappa shape index (κ2) is 10.6. The summed E-state index contributed by atoms with van der Waals surface area (Å²) in [5.74, 6) is -1.01. The number of thioether (sulfide) groups is 1. The lowest BCUT2D eigenvalue weighted by molar-refractivity contribution is -0.132. The van der Waals surface area contributed by atoms with Crippen LogP contribution in [0.4, 0.5) is 5.13 Å². The molecule has 0 aliphatic carbocycles. The fraction of sp³-hybridized carbons (Fsp3) is 0.143. The first-order valence-corrected chi connectivity index (χ1v) is 14.1. The van der Waals surface area contributed by atoms with E-state index in [0.29, 0.717) is 26.4 Å². The van der Waals surface area contributed by atoms with E-state index < -0.39 is 17.7 Å². The van der Waals surface area contributed by atoms with Gasteiger partial charge in [-0.2, -0.15) is 0 Å². The van der Waals surface area contributed by atoms with Crippen molar-refractivity contribution in [2.45, 2.75) is 30.0 Å². The summed E-state index contributed by atoms with van der Waals surface area (Å²) in [5.41, 5.74) is 4.57. The molecule has 3 aromatic carbocycles. The number of carbonyl (C=O) groups is 2. The van der Waals surface area contributed by atoms with Crippen molar-refractivity contribution >= 4 is 61.6 Å². The Morgan fingerprint density at radius 3 is 2.22 bits per heavy atom. The summed E-state index contributed by atoms with van der Waals surface area (Å²) in [5, 5.41) is 20.1. The van der Waals surface area contributed by atoms with E-state index in [1.807, 2.05) is 38.1 Å². The lowest BCUT2D eigenvalue weighted by Gasteiger charge is -2.22. The molecule has 1 aromatic heterocycles. The van der Waals surface area contributed by atoms with Gasteiger partial charge >= 0.3 is 5.91 Å². The first-order valence-electron chi connectivity index (χ1n) is 11.5. The van der Waals surface area contributed by atoms with E-state index in [-0.39, 0.29) is 11.3 Å². The number of aryl methyl sites for hydroxylation is 2. The molecule has 2 heterocycles. The number of rotatable bonds is 6. The summed E-state index contributed by atoms with van der Waals surface area (Å²) < 4.78 is 1.53. The maximum absolute atomic E-state index is 13.3. The Hall–Kier alpha value is -3.27. The molecule has 9 heteroatoms. The van der Waals surface area contributed by atoms with Crippen LogP contribution in [0.5, 0.6) is 0 Å². The third-order valence-corrected chi connectivity index (χ3v) is 8.70. The number of hydrogen-bond acceptors (Lipinski definition) is 7. The van der Waals surface area contributed by atoms with Crippen molar-refractivity contribution in [1.82, 2.24) is 10.2 Å². The first-order chi connectivity index (χ1) is 17.8. The molecule has 0 spiro atoms. The maximum atomic E-state index is 13.3.